The number of hydrogen-bond acceptors (Lipinski definition) is 4. The number of likely N-dealkylation sites (N-methyl/N-ethyl adjacent to an activating group) is 1. The number of benzene rings is 3. The Morgan fingerprint density at radius 1 is 1.00 bits per heavy atom. The Balaban J connectivity index is 1.93. The molecule has 0 saturated carbocycles. The summed E-state index contributed by atoms with van der Waals surface area (Å²) in [5.74, 6) is -0.357. The van der Waals surface area contributed by atoms with Crippen molar-refractivity contribution in [1.82, 2.24) is 4.31 Å². The van der Waals surface area contributed by atoms with Crippen molar-refractivity contribution in [2.24, 2.45) is 0 Å². The van der Waals surface area contributed by atoms with E-state index in [1.807, 2.05) is 6.07 Å². The van der Waals surface area contributed by atoms with Crippen molar-refractivity contribution in [2.45, 2.75) is 17.4 Å². The molecule has 3 rings (SSSR count). The fourth-order valence-corrected chi connectivity index (χ4v) is 4.58. The Labute approximate surface area is 190 Å². The molecule has 0 radical (unpaired) electrons. The number of hydrogen-bond donors (Lipinski definition) is 1. The van der Waals surface area contributed by atoms with Crippen LogP contribution in [0, 0.1) is 0 Å². The third-order valence-corrected chi connectivity index (χ3v) is 6.99. The van der Waals surface area contributed by atoms with Crippen LogP contribution in [0.15, 0.2) is 77.7 Å². The zero-order chi connectivity index (χ0) is 22.6. The van der Waals surface area contributed by atoms with E-state index in [0.717, 1.165) is 4.31 Å². The summed E-state index contributed by atoms with van der Waals surface area (Å²) >= 11 is 11.9. The van der Waals surface area contributed by atoms with Crippen LogP contribution >= 0.6 is 23.2 Å². The monoisotopic (exact) mass is 479 g/mol. The van der Waals surface area contributed by atoms with Crippen molar-refractivity contribution >= 4 is 39.2 Å². The van der Waals surface area contributed by atoms with Crippen molar-refractivity contribution in [3.05, 3.63) is 88.4 Å². The van der Waals surface area contributed by atoms with E-state index in [0.29, 0.717) is 27.1 Å². The van der Waals surface area contributed by atoms with Gasteiger partial charge in [0.15, 0.2) is 0 Å². The van der Waals surface area contributed by atoms with Gasteiger partial charge in [0.25, 0.3) is 0 Å². The molecule has 0 aliphatic carbocycles. The van der Waals surface area contributed by atoms with Gasteiger partial charge in [-0.1, -0.05) is 41.4 Å². The van der Waals surface area contributed by atoms with Crippen LogP contribution in [0.2, 0.25) is 10.0 Å². The quantitative estimate of drug-likeness (QED) is 0.485. The maximum Gasteiger partial charge on any atom is 0.322 e. The first kappa shape index (κ1) is 23.1. The first-order chi connectivity index (χ1) is 14.7. The molecular weight excluding hydrogens is 461 g/mol. The van der Waals surface area contributed by atoms with E-state index in [2.05, 4.69) is 0 Å². The smallest absolute Gasteiger partial charge is 0.322 e. The molecule has 0 aliphatic heterocycles. The summed E-state index contributed by atoms with van der Waals surface area (Å²) in [5.41, 5.74) is 0.460. The largest absolute Gasteiger partial charge is 0.480 e. The van der Waals surface area contributed by atoms with Crippen LogP contribution in [-0.2, 0) is 21.2 Å². The van der Waals surface area contributed by atoms with E-state index in [-0.39, 0.29) is 11.3 Å². The van der Waals surface area contributed by atoms with Crippen molar-refractivity contribution in [2.75, 3.05) is 7.05 Å². The average Bonchev–Trinajstić information content (AvgIpc) is 2.74. The summed E-state index contributed by atoms with van der Waals surface area (Å²) < 4.78 is 32.7. The normalized spacial score (nSPS) is 12.5. The molecule has 0 heterocycles. The molecule has 9 heteroatoms. The van der Waals surface area contributed by atoms with Crippen molar-refractivity contribution < 1.29 is 23.1 Å². The molecule has 0 aliphatic rings. The molecule has 0 bridgehead atoms. The lowest BCUT2D eigenvalue weighted by Crippen LogP contribution is -2.43. The van der Waals surface area contributed by atoms with Gasteiger partial charge in [-0.25, -0.2) is 8.42 Å². The summed E-state index contributed by atoms with van der Waals surface area (Å²) in [6, 6.07) is 17.9. The number of para-hydroxylation sites is 1. The lowest BCUT2D eigenvalue weighted by molar-refractivity contribution is -0.141. The Morgan fingerprint density at radius 2 is 1.61 bits per heavy atom. The topological polar surface area (TPSA) is 83.9 Å². The zero-order valence-electron chi connectivity index (χ0n) is 16.4. The van der Waals surface area contributed by atoms with E-state index in [9.17, 15) is 18.3 Å². The molecule has 3 aromatic carbocycles. The number of sulfonamides is 1. The van der Waals surface area contributed by atoms with Crippen molar-refractivity contribution in [1.29, 1.82) is 0 Å². The van der Waals surface area contributed by atoms with E-state index < -0.39 is 22.0 Å². The molecule has 31 heavy (non-hydrogen) atoms. The minimum absolute atomic E-state index is 0.0579. The highest BCUT2D eigenvalue weighted by molar-refractivity contribution is 7.89. The second-order valence-electron chi connectivity index (χ2n) is 6.70. The third-order valence-electron chi connectivity index (χ3n) is 4.62. The molecule has 3 aromatic rings. The molecule has 1 N–H and O–H groups in total. The molecule has 0 saturated heterocycles. The van der Waals surface area contributed by atoms with Gasteiger partial charge in [0.05, 0.1) is 4.90 Å². The molecule has 6 nitrogen and oxygen atoms in total. The molecule has 0 aromatic heterocycles. The Kier molecular flexibility index (Phi) is 7.23. The van der Waals surface area contributed by atoms with Crippen LogP contribution in [0.1, 0.15) is 5.56 Å². The molecule has 0 fully saturated rings. The van der Waals surface area contributed by atoms with Gasteiger partial charge >= 0.3 is 5.97 Å². The van der Waals surface area contributed by atoms with Gasteiger partial charge in [-0.2, -0.15) is 4.31 Å². The molecule has 162 valence electrons. The molecule has 0 amide bonds. The summed E-state index contributed by atoms with van der Waals surface area (Å²) in [5, 5.41) is 10.6. The predicted octanol–water partition coefficient (Wildman–Crippen LogP) is 5.10. The second kappa shape index (κ2) is 9.70. The van der Waals surface area contributed by atoms with Gasteiger partial charge < -0.3 is 9.84 Å². The number of nitrogens with zero attached hydrogens (tertiary/aromatic N) is 1. The number of ether oxygens (including phenoxy) is 1. The van der Waals surface area contributed by atoms with Crippen LogP contribution in [-0.4, -0.2) is 36.9 Å². The first-order valence-corrected chi connectivity index (χ1v) is 11.4. The van der Waals surface area contributed by atoms with Crippen molar-refractivity contribution in [3.8, 4) is 11.5 Å². The Morgan fingerprint density at radius 3 is 2.23 bits per heavy atom. The van der Waals surface area contributed by atoms with Gasteiger partial charge in [0.1, 0.15) is 17.5 Å². The second-order valence-corrected chi connectivity index (χ2v) is 9.57. The minimum atomic E-state index is -4.08. The average molecular weight is 480 g/mol. The summed E-state index contributed by atoms with van der Waals surface area (Å²) in [7, 11) is -2.85. The first-order valence-electron chi connectivity index (χ1n) is 9.16. The van der Waals surface area contributed by atoms with Crippen LogP contribution in [0.3, 0.4) is 0 Å². The number of rotatable bonds is 8. The molecule has 1 atom stereocenters. The van der Waals surface area contributed by atoms with Gasteiger partial charge in [-0.15, -0.1) is 0 Å². The summed E-state index contributed by atoms with van der Waals surface area (Å²) in [4.78, 5) is 12.0. The zero-order valence-corrected chi connectivity index (χ0v) is 18.7. The SMILES string of the molecule is CN([C@@H](Cc1cc(Cl)ccc1Oc1ccccc1)C(=O)O)S(=O)(=O)c1ccc(Cl)cc1. The summed E-state index contributed by atoms with van der Waals surface area (Å²) in [6.07, 6.45) is -0.151. The highest BCUT2D eigenvalue weighted by Crippen LogP contribution is 2.30. The van der Waals surface area contributed by atoms with Gasteiger partial charge in [0, 0.05) is 23.5 Å². The third kappa shape index (κ3) is 5.57. The van der Waals surface area contributed by atoms with E-state index >= 15 is 0 Å². The number of carbonyl (C=O) groups is 1. The lowest BCUT2D eigenvalue weighted by atomic mass is 10.0. The van der Waals surface area contributed by atoms with Gasteiger partial charge in [0.2, 0.25) is 10.0 Å². The predicted molar refractivity (Wildman–Crippen MR) is 119 cm³/mol. The standard InChI is InChI=1S/C22H19Cl2NO5S/c1-25(31(28,29)19-10-7-16(23)8-11-19)20(22(26)27)14-15-13-17(24)9-12-21(15)30-18-5-3-2-4-6-18/h2-13,20H,14H2,1H3,(H,26,27)/t20-/m0/s1. The fourth-order valence-electron chi connectivity index (χ4n) is 2.94. The summed E-state index contributed by atoms with van der Waals surface area (Å²) in [6.45, 7) is 0. The fraction of sp³-hybridized carbons (Fsp3) is 0.136. The Bertz CT molecular complexity index is 1170. The number of carboxylic acid groups (broad SMARTS) is 1. The molecular formula is C22H19Cl2NO5S. The molecule has 0 spiro atoms. The van der Waals surface area contributed by atoms with E-state index in [1.54, 1.807) is 42.5 Å². The van der Waals surface area contributed by atoms with Crippen LogP contribution < -0.4 is 4.74 Å². The van der Waals surface area contributed by atoms with E-state index in [4.69, 9.17) is 27.9 Å². The lowest BCUT2D eigenvalue weighted by Gasteiger charge is -2.25. The Hall–Kier alpha value is -2.58. The number of aliphatic carboxylic acids is 1. The number of carboxylic acids is 1. The van der Waals surface area contributed by atoms with Crippen molar-refractivity contribution in [3.63, 3.8) is 0 Å². The van der Waals surface area contributed by atoms with Crippen LogP contribution in [0.4, 0.5) is 0 Å². The number of halogens is 2. The highest BCUT2D eigenvalue weighted by atomic mass is 35.5. The maximum absolute atomic E-state index is 13.0. The minimum Gasteiger partial charge on any atom is -0.480 e. The highest BCUT2D eigenvalue weighted by Gasteiger charge is 2.33. The molecule has 0 unspecified atom stereocenters. The van der Waals surface area contributed by atoms with Gasteiger partial charge in [-0.3, -0.25) is 4.79 Å². The maximum atomic E-state index is 13.0. The van der Waals surface area contributed by atoms with Crippen LogP contribution in [0.25, 0.3) is 0 Å². The van der Waals surface area contributed by atoms with Crippen LogP contribution in [0.5, 0.6) is 11.5 Å². The van der Waals surface area contributed by atoms with Gasteiger partial charge in [-0.05, 0) is 60.2 Å². The van der Waals surface area contributed by atoms with E-state index in [1.165, 1.54) is 31.3 Å².